The molecule has 0 aromatic rings. The Kier molecular flexibility index (Phi) is 3.15. The van der Waals surface area contributed by atoms with Crippen LogP contribution in [0.5, 0.6) is 0 Å². The minimum absolute atomic E-state index is 0.188. The molecule has 4 heteroatoms. The van der Waals surface area contributed by atoms with Crippen molar-refractivity contribution in [1.29, 1.82) is 0 Å². The van der Waals surface area contributed by atoms with Gasteiger partial charge in [-0.15, -0.1) is 0 Å². The number of fused-ring (bicyclic) bond motifs is 1. The summed E-state index contributed by atoms with van der Waals surface area (Å²) in [4.78, 5) is 22.9. The lowest BCUT2D eigenvalue weighted by Crippen LogP contribution is -2.38. The Bertz CT molecular complexity index is 316. The van der Waals surface area contributed by atoms with Gasteiger partial charge >= 0.3 is 6.09 Å². The number of nitrogens with one attached hydrogen (secondary N) is 1. The van der Waals surface area contributed by atoms with Gasteiger partial charge in [-0.05, 0) is 45.4 Å². The summed E-state index contributed by atoms with van der Waals surface area (Å²) in [5.74, 6) is 1.36. The largest absolute Gasteiger partial charge is 0.444 e. The van der Waals surface area contributed by atoms with E-state index in [1.807, 2.05) is 20.8 Å². The van der Waals surface area contributed by atoms with E-state index in [1.165, 1.54) is 0 Å². The number of carbonyl (C=O) groups is 2. The van der Waals surface area contributed by atoms with Crippen molar-refractivity contribution in [2.75, 3.05) is 0 Å². The highest BCUT2D eigenvalue weighted by atomic mass is 16.6. The SMILES string of the molecule is CC(C)(C)OC(=O)NC1CC2CC(=O)CC2C1. The molecular weight excluding hydrogens is 218 g/mol. The van der Waals surface area contributed by atoms with Crippen LogP contribution in [0.2, 0.25) is 0 Å². The van der Waals surface area contributed by atoms with Gasteiger partial charge in [0.25, 0.3) is 0 Å². The topological polar surface area (TPSA) is 55.4 Å². The van der Waals surface area contributed by atoms with Gasteiger partial charge in [-0.3, -0.25) is 4.79 Å². The minimum atomic E-state index is -0.450. The normalized spacial score (nSPS) is 32.4. The number of ether oxygens (including phenoxy) is 1. The second-order valence-electron chi connectivity index (χ2n) is 6.28. The van der Waals surface area contributed by atoms with Gasteiger partial charge in [0.05, 0.1) is 0 Å². The monoisotopic (exact) mass is 239 g/mol. The zero-order valence-corrected chi connectivity index (χ0v) is 10.8. The Labute approximate surface area is 102 Å². The van der Waals surface area contributed by atoms with Crippen LogP contribution in [-0.2, 0) is 9.53 Å². The molecule has 1 amide bonds. The molecule has 0 spiro atoms. The fourth-order valence-corrected chi connectivity index (χ4v) is 2.97. The van der Waals surface area contributed by atoms with Gasteiger partial charge in [-0.25, -0.2) is 4.79 Å². The fraction of sp³-hybridized carbons (Fsp3) is 0.846. The van der Waals surface area contributed by atoms with Crippen LogP contribution in [0.25, 0.3) is 0 Å². The summed E-state index contributed by atoms with van der Waals surface area (Å²) in [6, 6.07) is 0.188. The number of rotatable bonds is 1. The molecule has 2 aliphatic carbocycles. The summed E-state index contributed by atoms with van der Waals surface area (Å²) in [6.45, 7) is 5.57. The third kappa shape index (κ3) is 3.20. The Morgan fingerprint density at radius 1 is 1.24 bits per heavy atom. The quantitative estimate of drug-likeness (QED) is 0.763. The maximum absolute atomic E-state index is 11.6. The van der Waals surface area contributed by atoms with E-state index < -0.39 is 5.60 Å². The molecule has 2 fully saturated rings. The van der Waals surface area contributed by atoms with Crippen molar-refractivity contribution in [3.05, 3.63) is 0 Å². The van der Waals surface area contributed by atoms with E-state index in [0.29, 0.717) is 30.5 Å². The summed E-state index contributed by atoms with van der Waals surface area (Å²) >= 11 is 0. The molecule has 2 atom stereocenters. The van der Waals surface area contributed by atoms with Crippen molar-refractivity contribution in [2.24, 2.45) is 11.8 Å². The molecule has 96 valence electrons. The number of ketones is 1. The Morgan fingerprint density at radius 2 is 1.76 bits per heavy atom. The molecule has 0 radical (unpaired) electrons. The summed E-state index contributed by atoms with van der Waals surface area (Å²) in [6.07, 6.45) is 2.92. The molecule has 2 saturated carbocycles. The first-order valence-electron chi connectivity index (χ1n) is 6.35. The zero-order valence-electron chi connectivity index (χ0n) is 10.8. The molecule has 0 aliphatic heterocycles. The number of amides is 1. The van der Waals surface area contributed by atoms with Crippen LogP contribution in [0, 0.1) is 11.8 Å². The predicted octanol–water partition coefficient (Wildman–Crippen LogP) is 2.27. The van der Waals surface area contributed by atoms with Crippen LogP contribution in [-0.4, -0.2) is 23.5 Å². The van der Waals surface area contributed by atoms with Gasteiger partial charge in [0.15, 0.2) is 0 Å². The molecule has 0 heterocycles. The highest BCUT2D eigenvalue weighted by molar-refractivity contribution is 5.81. The van der Waals surface area contributed by atoms with Crippen molar-refractivity contribution in [3.63, 3.8) is 0 Å². The molecule has 0 aromatic heterocycles. The van der Waals surface area contributed by atoms with Crippen molar-refractivity contribution >= 4 is 11.9 Å². The molecule has 4 nitrogen and oxygen atoms in total. The first-order valence-corrected chi connectivity index (χ1v) is 6.35. The third-order valence-electron chi connectivity index (χ3n) is 3.54. The predicted molar refractivity (Wildman–Crippen MR) is 63.6 cm³/mol. The summed E-state index contributed by atoms with van der Waals surface area (Å²) in [5, 5.41) is 2.91. The van der Waals surface area contributed by atoms with E-state index in [9.17, 15) is 9.59 Å². The molecule has 0 bridgehead atoms. The smallest absolute Gasteiger partial charge is 0.407 e. The molecule has 1 N–H and O–H groups in total. The molecule has 0 aromatic carbocycles. The molecule has 2 unspecified atom stereocenters. The van der Waals surface area contributed by atoms with Crippen LogP contribution in [0.3, 0.4) is 0 Å². The van der Waals surface area contributed by atoms with E-state index in [-0.39, 0.29) is 12.1 Å². The first kappa shape index (κ1) is 12.4. The van der Waals surface area contributed by atoms with E-state index >= 15 is 0 Å². The van der Waals surface area contributed by atoms with Gasteiger partial charge in [-0.1, -0.05) is 0 Å². The molecule has 2 rings (SSSR count). The van der Waals surface area contributed by atoms with Crippen molar-refractivity contribution in [1.82, 2.24) is 5.32 Å². The van der Waals surface area contributed by atoms with Gasteiger partial charge in [0.2, 0.25) is 0 Å². The van der Waals surface area contributed by atoms with Gasteiger partial charge < -0.3 is 10.1 Å². The van der Waals surface area contributed by atoms with Crippen LogP contribution < -0.4 is 5.32 Å². The highest BCUT2D eigenvalue weighted by Gasteiger charge is 2.41. The number of alkyl carbamates (subject to hydrolysis) is 1. The summed E-state index contributed by atoms with van der Waals surface area (Å²) in [5.41, 5.74) is -0.450. The molecular formula is C13H21NO3. The second-order valence-corrected chi connectivity index (χ2v) is 6.28. The lowest BCUT2D eigenvalue weighted by molar-refractivity contribution is -0.117. The van der Waals surface area contributed by atoms with E-state index in [0.717, 1.165) is 12.8 Å². The Morgan fingerprint density at radius 3 is 2.24 bits per heavy atom. The molecule has 0 saturated heterocycles. The van der Waals surface area contributed by atoms with Crippen molar-refractivity contribution < 1.29 is 14.3 Å². The number of hydrogen-bond acceptors (Lipinski definition) is 3. The lowest BCUT2D eigenvalue weighted by atomic mass is 10.0. The first-order chi connectivity index (χ1) is 7.83. The number of hydrogen-bond donors (Lipinski definition) is 1. The fourth-order valence-electron chi connectivity index (χ4n) is 2.97. The van der Waals surface area contributed by atoms with Crippen molar-refractivity contribution in [2.45, 2.75) is 58.1 Å². The number of Topliss-reactive ketones (excluding diaryl/α,β-unsaturated/α-hetero) is 1. The van der Waals surface area contributed by atoms with Crippen LogP contribution in [0.15, 0.2) is 0 Å². The van der Waals surface area contributed by atoms with Gasteiger partial charge in [-0.2, -0.15) is 0 Å². The standard InChI is InChI=1S/C13H21NO3/c1-13(2,3)17-12(16)14-10-4-8-6-11(15)7-9(8)5-10/h8-10H,4-7H2,1-3H3,(H,14,16). The maximum Gasteiger partial charge on any atom is 0.407 e. The average molecular weight is 239 g/mol. The van der Waals surface area contributed by atoms with Crippen LogP contribution in [0.1, 0.15) is 46.5 Å². The molecule has 17 heavy (non-hydrogen) atoms. The minimum Gasteiger partial charge on any atom is -0.444 e. The van der Waals surface area contributed by atoms with E-state index in [2.05, 4.69) is 5.32 Å². The van der Waals surface area contributed by atoms with Crippen LogP contribution in [0.4, 0.5) is 4.79 Å². The Hall–Kier alpha value is -1.06. The van der Waals surface area contributed by atoms with Gasteiger partial charge in [0, 0.05) is 18.9 Å². The van der Waals surface area contributed by atoms with E-state index in [4.69, 9.17) is 4.74 Å². The van der Waals surface area contributed by atoms with E-state index in [1.54, 1.807) is 0 Å². The second kappa shape index (κ2) is 4.31. The highest BCUT2D eigenvalue weighted by Crippen LogP contribution is 2.42. The van der Waals surface area contributed by atoms with Crippen molar-refractivity contribution in [3.8, 4) is 0 Å². The third-order valence-corrected chi connectivity index (χ3v) is 3.54. The maximum atomic E-state index is 11.6. The summed E-state index contributed by atoms with van der Waals surface area (Å²) < 4.78 is 5.23. The average Bonchev–Trinajstić information content (AvgIpc) is 2.56. The number of carbonyl (C=O) groups excluding carboxylic acids is 2. The lowest BCUT2D eigenvalue weighted by Gasteiger charge is -2.22. The molecule has 2 aliphatic rings. The Balaban J connectivity index is 1.79. The summed E-state index contributed by atoms with van der Waals surface area (Å²) in [7, 11) is 0. The van der Waals surface area contributed by atoms with Crippen LogP contribution >= 0.6 is 0 Å². The van der Waals surface area contributed by atoms with Gasteiger partial charge in [0.1, 0.15) is 11.4 Å². The zero-order chi connectivity index (χ0) is 12.6.